The lowest BCUT2D eigenvalue weighted by molar-refractivity contribution is -0.434. The van der Waals surface area contributed by atoms with Gasteiger partial charge in [0.2, 0.25) is 0 Å². The van der Waals surface area contributed by atoms with Crippen LogP contribution in [0.4, 0.5) is 0 Å². The number of esters is 1. The summed E-state index contributed by atoms with van der Waals surface area (Å²) >= 11 is 0. The number of hydrogen-bond acceptors (Lipinski definition) is 8. The third-order valence-electron chi connectivity index (χ3n) is 4.17. The van der Waals surface area contributed by atoms with E-state index in [1.165, 1.54) is 19.3 Å². The lowest BCUT2D eigenvalue weighted by Crippen LogP contribution is -2.66. The van der Waals surface area contributed by atoms with E-state index in [4.69, 9.17) is 14.6 Å². The number of aliphatic hydroxyl groups excluding tert-OH is 4. The lowest BCUT2D eigenvalue weighted by Gasteiger charge is -2.43. The van der Waals surface area contributed by atoms with Gasteiger partial charge in [0.1, 0.15) is 18.3 Å². The number of carbonyl (C=O) groups excluding carboxylic acids is 1. The van der Waals surface area contributed by atoms with Gasteiger partial charge in [-0.05, 0) is 6.42 Å². The van der Waals surface area contributed by atoms with Gasteiger partial charge in [0, 0.05) is 6.42 Å². The highest BCUT2D eigenvalue weighted by atomic mass is 16.8. The first-order valence-electron chi connectivity index (χ1n) is 8.62. The Morgan fingerprint density at radius 1 is 1.04 bits per heavy atom. The molecular formula is C16H30O8. The summed E-state index contributed by atoms with van der Waals surface area (Å²) in [5.41, 5.74) is 0. The zero-order valence-electron chi connectivity index (χ0n) is 14.1. The van der Waals surface area contributed by atoms with Crippen molar-refractivity contribution in [3.63, 3.8) is 0 Å². The molecule has 142 valence electrons. The minimum Gasteiger partial charge on any atom is -0.406 e. The zero-order valence-corrected chi connectivity index (χ0v) is 14.1. The maximum atomic E-state index is 11.8. The van der Waals surface area contributed by atoms with Crippen molar-refractivity contribution >= 4 is 5.97 Å². The van der Waals surface area contributed by atoms with Crippen LogP contribution in [0.2, 0.25) is 0 Å². The molecule has 0 radical (unpaired) electrons. The van der Waals surface area contributed by atoms with E-state index in [0.29, 0.717) is 6.42 Å². The largest absolute Gasteiger partial charge is 0.406 e. The van der Waals surface area contributed by atoms with E-state index < -0.39 is 43.0 Å². The van der Waals surface area contributed by atoms with Crippen molar-refractivity contribution in [3.05, 3.63) is 0 Å². The van der Waals surface area contributed by atoms with Crippen LogP contribution in [-0.2, 0) is 14.3 Å². The third kappa shape index (κ3) is 5.94. The van der Waals surface area contributed by atoms with Crippen molar-refractivity contribution in [1.82, 2.24) is 0 Å². The van der Waals surface area contributed by atoms with E-state index in [0.717, 1.165) is 19.3 Å². The highest BCUT2D eigenvalue weighted by Crippen LogP contribution is 2.29. The van der Waals surface area contributed by atoms with E-state index >= 15 is 0 Å². The number of hydrogen-bond donors (Lipinski definition) is 5. The van der Waals surface area contributed by atoms with Crippen molar-refractivity contribution < 1.29 is 39.8 Å². The fourth-order valence-corrected chi connectivity index (χ4v) is 2.65. The van der Waals surface area contributed by atoms with Crippen LogP contribution in [0.5, 0.6) is 0 Å². The molecule has 0 aromatic carbocycles. The Hall–Kier alpha value is -0.770. The van der Waals surface area contributed by atoms with Gasteiger partial charge in [-0.15, -0.1) is 0 Å². The van der Waals surface area contributed by atoms with Crippen LogP contribution >= 0.6 is 0 Å². The van der Waals surface area contributed by atoms with Gasteiger partial charge in [-0.1, -0.05) is 45.4 Å². The number of unbranched alkanes of at least 4 members (excludes halogenated alkanes) is 6. The molecule has 0 spiro atoms. The fraction of sp³-hybridized carbons (Fsp3) is 0.938. The second-order valence-electron chi connectivity index (χ2n) is 6.24. The first kappa shape index (κ1) is 21.3. The van der Waals surface area contributed by atoms with Crippen LogP contribution in [0, 0.1) is 0 Å². The Labute approximate surface area is 142 Å². The summed E-state index contributed by atoms with van der Waals surface area (Å²) in [6.07, 6.45) is 0.288. The molecule has 0 bridgehead atoms. The van der Waals surface area contributed by atoms with Gasteiger partial charge in [0.05, 0.1) is 6.61 Å². The smallest absolute Gasteiger partial charge is 0.357 e. The fourth-order valence-electron chi connectivity index (χ4n) is 2.65. The van der Waals surface area contributed by atoms with Gasteiger partial charge >= 0.3 is 11.9 Å². The molecule has 0 aromatic rings. The molecule has 5 N–H and O–H groups in total. The average molecular weight is 350 g/mol. The quantitative estimate of drug-likeness (QED) is 0.207. The predicted molar refractivity (Wildman–Crippen MR) is 83.6 cm³/mol. The molecule has 1 aliphatic rings. The Balaban J connectivity index is 2.38. The normalized spacial score (nSPS) is 33.4. The molecule has 0 saturated carbocycles. The van der Waals surface area contributed by atoms with E-state index in [1.807, 2.05) is 0 Å². The van der Waals surface area contributed by atoms with Crippen LogP contribution in [0.15, 0.2) is 0 Å². The van der Waals surface area contributed by atoms with Crippen LogP contribution < -0.4 is 0 Å². The van der Waals surface area contributed by atoms with Gasteiger partial charge in [-0.2, -0.15) is 0 Å². The second kappa shape index (κ2) is 10.3. The second-order valence-corrected chi connectivity index (χ2v) is 6.24. The lowest BCUT2D eigenvalue weighted by atomic mass is 9.98. The first-order valence-corrected chi connectivity index (χ1v) is 8.62. The molecule has 1 heterocycles. The van der Waals surface area contributed by atoms with Crippen molar-refractivity contribution in [2.75, 3.05) is 6.61 Å². The summed E-state index contributed by atoms with van der Waals surface area (Å²) in [4.78, 5) is 11.8. The zero-order chi connectivity index (χ0) is 18.2. The van der Waals surface area contributed by atoms with Gasteiger partial charge < -0.3 is 35.0 Å². The number of rotatable bonds is 10. The topological polar surface area (TPSA) is 137 Å². The molecule has 24 heavy (non-hydrogen) atoms. The van der Waals surface area contributed by atoms with E-state index in [-0.39, 0.29) is 6.42 Å². The number of ether oxygens (including phenoxy) is 2. The Bertz CT molecular complexity index is 375. The summed E-state index contributed by atoms with van der Waals surface area (Å²) in [5, 5.41) is 48.2. The van der Waals surface area contributed by atoms with Crippen molar-refractivity contribution in [2.45, 2.75) is 88.7 Å². The summed E-state index contributed by atoms with van der Waals surface area (Å²) in [6.45, 7) is 1.42. The van der Waals surface area contributed by atoms with Gasteiger partial charge in [0.25, 0.3) is 0 Å². The summed E-state index contributed by atoms with van der Waals surface area (Å²) in [5.74, 6) is -3.57. The minimum atomic E-state index is -2.79. The summed E-state index contributed by atoms with van der Waals surface area (Å²) in [7, 11) is 0. The number of aliphatic hydroxyl groups is 5. The molecule has 8 heteroatoms. The first-order chi connectivity index (χ1) is 11.4. The molecule has 0 aliphatic carbocycles. The van der Waals surface area contributed by atoms with Crippen LogP contribution in [-0.4, -0.2) is 68.5 Å². The average Bonchev–Trinajstić information content (AvgIpc) is 2.55. The molecule has 0 aromatic heterocycles. The summed E-state index contributed by atoms with van der Waals surface area (Å²) < 4.78 is 9.61. The minimum absolute atomic E-state index is 0.0363. The van der Waals surface area contributed by atoms with Crippen molar-refractivity contribution in [3.8, 4) is 0 Å². The molecule has 0 amide bonds. The van der Waals surface area contributed by atoms with Crippen LogP contribution in [0.25, 0.3) is 0 Å². The predicted octanol–water partition coefficient (Wildman–Crippen LogP) is -0.210. The van der Waals surface area contributed by atoms with Crippen LogP contribution in [0.3, 0.4) is 0 Å². The van der Waals surface area contributed by atoms with Crippen LogP contribution in [0.1, 0.15) is 58.3 Å². The molecule has 8 nitrogen and oxygen atoms in total. The van der Waals surface area contributed by atoms with Crippen molar-refractivity contribution in [1.29, 1.82) is 0 Å². The Morgan fingerprint density at radius 3 is 2.21 bits per heavy atom. The standard InChI is InChI=1S/C16H30O8/c1-2-3-4-5-6-7-8-9-12(18)24-16(22)15(21)14(20)13(19)11(10-17)23-16/h11,13-15,17,19-22H,2-10H2,1H3/t11-,13-,14+,15-,16?/m1/s1. The molecule has 1 fully saturated rings. The molecule has 1 aliphatic heterocycles. The van der Waals surface area contributed by atoms with Gasteiger partial charge in [-0.3, -0.25) is 4.79 Å². The maximum Gasteiger partial charge on any atom is 0.357 e. The molecular weight excluding hydrogens is 320 g/mol. The molecule has 1 rings (SSSR count). The Morgan fingerprint density at radius 2 is 1.62 bits per heavy atom. The van der Waals surface area contributed by atoms with Gasteiger partial charge in [-0.25, -0.2) is 0 Å². The molecule has 1 saturated heterocycles. The maximum absolute atomic E-state index is 11.8. The van der Waals surface area contributed by atoms with E-state index in [9.17, 15) is 25.2 Å². The third-order valence-corrected chi connectivity index (χ3v) is 4.17. The highest BCUT2D eigenvalue weighted by Gasteiger charge is 2.55. The van der Waals surface area contributed by atoms with Gasteiger partial charge in [0.15, 0.2) is 6.10 Å². The SMILES string of the molecule is CCCCCCCCCC(=O)OC1(O)O[C@H](CO)[C@@H](O)[C@H](O)[C@H]1O. The highest BCUT2D eigenvalue weighted by molar-refractivity contribution is 5.69. The van der Waals surface area contributed by atoms with E-state index in [2.05, 4.69) is 6.92 Å². The molecule has 1 unspecified atom stereocenters. The monoisotopic (exact) mass is 350 g/mol. The molecule has 5 atom stereocenters. The van der Waals surface area contributed by atoms with Crippen molar-refractivity contribution in [2.24, 2.45) is 0 Å². The Kier molecular flexibility index (Phi) is 9.11. The number of carbonyl (C=O) groups is 1. The van der Waals surface area contributed by atoms with E-state index in [1.54, 1.807) is 0 Å². The summed E-state index contributed by atoms with van der Waals surface area (Å²) in [6, 6.07) is 0.